The van der Waals surface area contributed by atoms with Crippen LogP contribution in [0, 0.1) is 6.92 Å². The van der Waals surface area contributed by atoms with Crippen LogP contribution in [-0.2, 0) is 0 Å². The van der Waals surface area contributed by atoms with Gasteiger partial charge in [0.2, 0.25) is 0 Å². The van der Waals surface area contributed by atoms with Crippen LogP contribution in [0.25, 0.3) is 16.7 Å². The number of phenolic OH excluding ortho intramolecular Hbond substituents is 1. The van der Waals surface area contributed by atoms with Crippen molar-refractivity contribution in [3.05, 3.63) is 42.0 Å². The highest BCUT2D eigenvalue weighted by atomic mass is 32.2. The number of hydrogen-bond donors (Lipinski definition) is 1. The van der Waals surface area contributed by atoms with Crippen molar-refractivity contribution in [3.63, 3.8) is 0 Å². The van der Waals surface area contributed by atoms with Gasteiger partial charge < -0.3 is 5.11 Å². The molecule has 124 valence electrons. The number of hydrogen-bond acceptors (Lipinski definition) is 4. The molecule has 0 aliphatic heterocycles. The van der Waals surface area contributed by atoms with Gasteiger partial charge in [0.05, 0.1) is 0 Å². The first-order chi connectivity index (χ1) is 11.7. The Balaban J connectivity index is 1.64. The van der Waals surface area contributed by atoms with Gasteiger partial charge in [-0.05, 0) is 55.7 Å². The molecule has 4 nitrogen and oxygen atoms in total. The van der Waals surface area contributed by atoms with Gasteiger partial charge in [0.25, 0.3) is 0 Å². The molecule has 1 aliphatic rings. The molecular formula is C19H21N3OS. The van der Waals surface area contributed by atoms with Crippen LogP contribution in [-0.4, -0.2) is 25.4 Å². The van der Waals surface area contributed by atoms with Crippen LogP contribution in [0.1, 0.15) is 37.7 Å². The smallest absolute Gasteiger partial charge is 0.143 e. The third-order valence-electron chi connectivity index (χ3n) is 4.55. The Hall–Kier alpha value is -2.01. The number of phenols is 1. The number of aromatic nitrogens is 3. The molecule has 1 aliphatic carbocycles. The summed E-state index contributed by atoms with van der Waals surface area (Å²) < 4.78 is 0. The molecule has 0 spiro atoms. The quantitative estimate of drug-likeness (QED) is 0.740. The molecule has 0 saturated heterocycles. The lowest BCUT2D eigenvalue weighted by atomic mass is 10.0. The van der Waals surface area contributed by atoms with Gasteiger partial charge >= 0.3 is 0 Å². The molecule has 1 saturated carbocycles. The summed E-state index contributed by atoms with van der Waals surface area (Å²) in [6, 6.07) is 11.7. The van der Waals surface area contributed by atoms with Gasteiger partial charge in [-0.3, -0.25) is 0 Å². The Morgan fingerprint density at radius 3 is 2.62 bits per heavy atom. The summed E-state index contributed by atoms with van der Waals surface area (Å²) in [5.41, 5.74) is 3.41. The van der Waals surface area contributed by atoms with E-state index in [2.05, 4.69) is 22.3 Å². The van der Waals surface area contributed by atoms with Crippen molar-refractivity contribution in [2.24, 2.45) is 0 Å². The zero-order chi connectivity index (χ0) is 16.5. The molecule has 3 aromatic rings. The topological polar surface area (TPSA) is 50.9 Å². The first-order valence-electron chi connectivity index (χ1n) is 8.53. The highest BCUT2D eigenvalue weighted by Crippen LogP contribution is 2.34. The van der Waals surface area contributed by atoms with E-state index in [4.69, 9.17) is 0 Å². The normalized spacial score (nSPS) is 15.9. The second-order valence-electron chi connectivity index (χ2n) is 6.51. The fraction of sp³-hybridized carbons (Fsp3) is 0.368. The van der Waals surface area contributed by atoms with E-state index in [9.17, 15) is 5.11 Å². The van der Waals surface area contributed by atoms with Crippen molar-refractivity contribution in [1.82, 2.24) is 15.0 Å². The van der Waals surface area contributed by atoms with Gasteiger partial charge in [0, 0.05) is 10.1 Å². The van der Waals surface area contributed by atoms with Gasteiger partial charge in [-0.15, -0.1) is 26.8 Å². The first kappa shape index (κ1) is 15.5. The summed E-state index contributed by atoms with van der Waals surface area (Å²) in [6.07, 6.45) is 6.70. The lowest BCUT2D eigenvalue weighted by molar-refractivity contribution is 0.467. The summed E-state index contributed by atoms with van der Waals surface area (Å²) in [6.45, 7) is 1.99. The number of rotatable bonds is 3. The van der Waals surface area contributed by atoms with Gasteiger partial charge in [-0.2, -0.15) is 0 Å². The highest BCUT2D eigenvalue weighted by Gasteiger charge is 2.15. The molecule has 1 aromatic heterocycles. The minimum atomic E-state index is 0.192. The maximum atomic E-state index is 10.1. The predicted octanol–water partition coefficient (Wildman–Crippen LogP) is 4.86. The third kappa shape index (κ3) is 3.13. The molecule has 0 amide bonds. The van der Waals surface area contributed by atoms with E-state index in [1.54, 1.807) is 6.07 Å². The van der Waals surface area contributed by atoms with Gasteiger partial charge in [0.15, 0.2) is 0 Å². The van der Waals surface area contributed by atoms with E-state index in [1.807, 2.05) is 36.9 Å². The van der Waals surface area contributed by atoms with Crippen molar-refractivity contribution >= 4 is 22.8 Å². The second kappa shape index (κ2) is 6.48. The Labute approximate surface area is 145 Å². The summed E-state index contributed by atoms with van der Waals surface area (Å²) in [4.78, 5) is 2.79. The zero-order valence-electron chi connectivity index (χ0n) is 13.8. The van der Waals surface area contributed by atoms with Crippen LogP contribution >= 0.6 is 11.8 Å². The molecule has 5 heteroatoms. The molecule has 2 aromatic carbocycles. The van der Waals surface area contributed by atoms with E-state index in [0.717, 1.165) is 21.8 Å². The number of benzene rings is 2. The molecule has 0 unspecified atom stereocenters. The summed E-state index contributed by atoms with van der Waals surface area (Å²) >= 11 is 1.96. The number of nitrogens with zero attached hydrogens (tertiary/aromatic N) is 3. The summed E-state index contributed by atoms with van der Waals surface area (Å²) in [5.74, 6) is 0.192. The standard InChI is InChI=1S/C19H21N3OS/c1-13-7-10-19(23)18(11-13)22-20-16-9-8-15(12-17(16)21-22)24-14-5-3-2-4-6-14/h7-12,14,23H,2-6H2,1H3. The monoisotopic (exact) mass is 339 g/mol. The molecule has 24 heavy (non-hydrogen) atoms. The Kier molecular flexibility index (Phi) is 4.19. The average molecular weight is 339 g/mol. The molecular weight excluding hydrogens is 318 g/mol. The molecule has 1 N–H and O–H groups in total. The molecule has 1 fully saturated rings. The Bertz CT molecular complexity index is 868. The van der Waals surface area contributed by atoms with Crippen molar-refractivity contribution < 1.29 is 5.11 Å². The fourth-order valence-electron chi connectivity index (χ4n) is 3.24. The largest absolute Gasteiger partial charge is 0.506 e. The van der Waals surface area contributed by atoms with Crippen LogP contribution < -0.4 is 0 Å². The Morgan fingerprint density at radius 2 is 1.79 bits per heavy atom. The maximum Gasteiger partial charge on any atom is 0.143 e. The van der Waals surface area contributed by atoms with Crippen molar-refractivity contribution in [3.8, 4) is 11.4 Å². The molecule has 1 heterocycles. The van der Waals surface area contributed by atoms with Crippen molar-refractivity contribution in [1.29, 1.82) is 0 Å². The summed E-state index contributed by atoms with van der Waals surface area (Å²) in [7, 11) is 0. The van der Waals surface area contributed by atoms with E-state index in [0.29, 0.717) is 5.69 Å². The van der Waals surface area contributed by atoms with Crippen molar-refractivity contribution in [2.45, 2.75) is 49.2 Å². The second-order valence-corrected chi connectivity index (χ2v) is 7.88. The van der Waals surface area contributed by atoms with Crippen LogP contribution in [0.15, 0.2) is 41.3 Å². The number of fused-ring (bicyclic) bond motifs is 1. The van der Waals surface area contributed by atoms with E-state index in [1.165, 1.54) is 41.8 Å². The van der Waals surface area contributed by atoms with Crippen LogP contribution in [0.4, 0.5) is 0 Å². The van der Waals surface area contributed by atoms with Gasteiger partial charge in [0.1, 0.15) is 22.5 Å². The number of aryl methyl sites for hydroxylation is 1. The molecule has 0 bridgehead atoms. The van der Waals surface area contributed by atoms with E-state index < -0.39 is 0 Å². The SMILES string of the molecule is Cc1ccc(O)c(-n2nc3ccc(SC4CCCCC4)cc3n2)c1. The molecule has 0 radical (unpaired) electrons. The van der Waals surface area contributed by atoms with Crippen LogP contribution in [0.2, 0.25) is 0 Å². The first-order valence-corrected chi connectivity index (χ1v) is 9.41. The minimum Gasteiger partial charge on any atom is -0.506 e. The predicted molar refractivity (Wildman–Crippen MR) is 98.0 cm³/mol. The lowest BCUT2D eigenvalue weighted by Crippen LogP contribution is -2.07. The minimum absolute atomic E-state index is 0.192. The van der Waals surface area contributed by atoms with E-state index in [-0.39, 0.29) is 5.75 Å². The average Bonchev–Trinajstić information content (AvgIpc) is 3.01. The molecule has 4 rings (SSSR count). The van der Waals surface area contributed by atoms with Gasteiger partial charge in [-0.1, -0.05) is 25.3 Å². The van der Waals surface area contributed by atoms with Crippen LogP contribution in [0.3, 0.4) is 0 Å². The van der Waals surface area contributed by atoms with Crippen LogP contribution in [0.5, 0.6) is 5.75 Å². The van der Waals surface area contributed by atoms with Gasteiger partial charge in [-0.25, -0.2) is 0 Å². The Morgan fingerprint density at radius 1 is 1.00 bits per heavy atom. The third-order valence-corrected chi connectivity index (χ3v) is 5.88. The summed E-state index contributed by atoms with van der Waals surface area (Å²) in [5, 5.41) is 19.9. The lowest BCUT2D eigenvalue weighted by Gasteiger charge is -2.20. The van der Waals surface area contributed by atoms with Crippen molar-refractivity contribution in [2.75, 3.05) is 0 Å². The maximum absolute atomic E-state index is 10.1. The fourth-order valence-corrected chi connectivity index (χ4v) is 4.52. The highest BCUT2D eigenvalue weighted by molar-refractivity contribution is 8.00. The molecule has 0 atom stereocenters. The number of aromatic hydroxyl groups is 1. The number of thioether (sulfide) groups is 1. The van der Waals surface area contributed by atoms with E-state index >= 15 is 0 Å². The zero-order valence-corrected chi connectivity index (χ0v) is 14.6.